The van der Waals surface area contributed by atoms with Gasteiger partial charge in [-0.2, -0.15) is 0 Å². The summed E-state index contributed by atoms with van der Waals surface area (Å²) in [5.41, 5.74) is 2.54. The lowest BCUT2D eigenvalue weighted by molar-refractivity contribution is -0.117. The molecule has 144 valence electrons. The third-order valence-corrected chi connectivity index (χ3v) is 5.55. The Kier molecular flexibility index (Phi) is 5.73. The summed E-state index contributed by atoms with van der Waals surface area (Å²) in [6, 6.07) is 12.4. The number of nitrogens with one attached hydrogen (secondary N) is 1. The number of nitrogens with zero attached hydrogens (tertiary/aromatic N) is 3. The van der Waals surface area contributed by atoms with E-state index in [-0.39, 0.29) is 17.6 Å². The van der Waals surface area contributed by atoms with Crippen LogP contribution in [0.2, 0.25) is 0 Å². The number of thiazole rings is 1. The molecule has 1 aromatic carbocycles. The topological polar surface area (TPSA) is 58.1 Å². The zero-order chi connectivity index (χ0) is 19.3. The van der Waals surface area contributed by atoms with Crippen molar-refractivity contribution in [3.63, 3.8) is 0 Å². The van der Waals surface area contributed by atoms with Crippen LogP contribution >= 0.6 is 11.3 Å². The molecule has 28 heavy (non-hydrogen) atoms. The van der Waals surface area contributed by atoms with Crippen LogP contribution < -0.4 is 5.32 Å². The number of piperidine rings is 1. The highest BCUT2D eigenvalue weighted by atomic mass is 32.1. The first-order valence-electron chi connectivity index (χ1n) is 9.32. The summed E-state index contributed by atoms with van der Waals surface area (Å²) in [5.74, 6) is -0.0493. The quantitative estimate of drug-likeness (QED) is 0.703. The molecule has 1 aliphatic heterocycles. The molecule has 1 unspecified atom stereocenters. The van der Waals surface area contributed by atoms with Gasteiger partial charge >= 0.3 is 0 Å². The summed E-state index contributed by atoms with van der Waals surface area (Å²) < 4.78 is 13.5. The highest BCUT2D eigenvalue weighted by molar-refractivity contribution is 7.13. The lowest BCUT2D eigenvalue weighted by Gasteiger charge is -2.32. The summed E-state index contributed by atoms with van der Waals surface area (Å²) in [6.07, 6.45) is 3.72. The largest absolute Gasteiger partial charge is 0.301 e. The second kappa shape index (κ2) is 8.58. The van der Waals surface area contributed by atoms with Gasteiger partial charge in [-0.3, -0.25) is 14.7 Å². The first-order valence-corrected chi connectivity index (χ1v) is 10.2. The van der Waals surface area contributed by atoms with E-state index in [2.05, 4.69) is 15.2 Å². The second-order valence-corrected chi connectivity index (χ2v) is 7.81. The molecule has 0 spiro atoms. The molecule has 1 aliphatic rings. The molecule has 7 heteroatoms. The van der Waals surface area contributed by atoms with Crippen molar-refractivity contribution in [3.05, 3.63) is 65.6 Å². The van der Waals surface area contributed by atoms with Crippen molar-refractivity contribution in [2.75, 3.05) is 25.0 Å². The minimum Gasteiger partial charge on any atom is -0.301 e. The number of aromatic nitrogens is 2. The molecule has 1 atom stereocenters. The first-order chi connectivity index (χ1) is 13.7. The molecule has 0 bridgehead atoms. The molecule has 0 aliphatic carbocycles. The van der Waals surface area contributed by atoms with Gasteiger partial charge in [0, 0.05) is 35.3 Å². The van der Waals surface area contributed by atoms with E-state index in [1.807, 2.05) is 29.6 Å². The summed E-state index contributed by atoms with van der Waals surface area (Å²) in [7, 11) is 0. The molecule has 1 fully saturated rings. The smallest absolute Gasteiger partial charge is 0.240 e. The van der Waals surface area contributed by atoms with Gasteiger partial charge < -0.3 is 5.32 Å². The zero-order valence-corrected chi connectivity index (χ0v) is 16.2. The molecule has 1 N–H and O–H groups in total. The van der Waals surface area contributed by atoms with E-state index in [0.717, 1.165) is 42.9 Å². The number of anilines is 1. The van der Waals surface area contributed by atoms with Gasteiger partial charge in [0.05, 0.1) is 12.2 Å². The van der Waals surface area contributed by atoms with Crippen molar-refractivity contribution >= 4 is 22.4 Å². The van der Waals surface area contributed by atoms with E-state index >= 15 is 0 Å². The summed E-state index contributed by atoms with van der Waals surface area (Å²) in [6.45, 7) is 2.02. The Labute approximate surface area is 167 Å². The van der Waals surface area contributed by atoms with E-state index in [1.54, 1.807) is 12.3 Å². The van der Waals surface area contributed by atoms with Crippen LogP contribution in [0.25, 0.3) is 11.3 Å². The van der Waals surface area contributed by atoms with Gasteiger partial charge in [0.25, 0.3) is 0 Å². The van der Waals surface area contributed by atoms with Crippen LogP contribution in [-0.2, 0) is 4.79 Å². The van der Waals surface area contributed by atoms with Crippen LogP contribution in [-0.4, -0.2) is 40.4 Å². The predicted octanol–water partition coefficient (Wildman–Crippen LogP) is 4.16. The number of halogens is 1. The second-order valence-electron chi connectivity index (χ2n) is 6.92. The van der Waals surface area contributed by atoms with Gasteiger partial charge in [0.1, 0.15) is 5.82 Å². The fraction of sp³-hybridized carbons (Fsp3) is 0.286. The van der Waals surface area contributed by atoms with Crippen molar-refractivity contribution < 1.29 is 9.18 Å². The number of carbonyl (C=O) groups is 1. The number of carbonyl (C=O) groups excluding carboxylic acids is 1. The maximum absolute atomic E-state index is 13.5. The summed E-state index contributed by atoms with van der Waals surface area (Å²) in [5, 5.41) is 5.30. The van der Waals surface area contributed by atoms with Crippen molar-refractivity contribution in [1.29, 1.82) is 0 Å². The molecule has 1 amide bonds. The molecule has 3 aromatic rings. The monoisotopic (exact) mass is 396 g/mol. The Balaban J connectivity index is 1.43. The van der Waals surface area contributed by atoms with Crippen molar-refractivity contribution in [3.8, 4) is 11.3 Å². The molecular weight excluding hydrogens is 375 g/mol. The predicted molar refractivity (Wildman–Crippen MR) is 109 cm³/mol. The number of likely N-dealkylation sites (tertiary alicyclic amines) is 1. The van der Waals surface area contributed by atoms with E-state index in [9.17, 15) is 9.18 Å². The third-order valence-electron chi connectivity index (χ3n) is 4.86. The van der Waals surface area contributed by atoms with E-state index < -0.39 is 0 Å². The fourth-order valence-electron chi connectivity index (χ4n) is 3.58. The standard InChI is InChI=1S/C21H21FN4OS/c22-17-6-1-4-15(12-17)18-7-2-8-19(24-18)16-5-3-10-26(13-16)14-20(27)25-21-23-9-11-28-21/h1-2,4,6-9,11-12,16H,3,5,10,13-14H2,(H,23,25,27). The first kappa shape index (κ1) is 18.7. The van der Waals surface area contributed by atoms with Crippen molar-refractivity contribution in [2.24, 2.45) is 0 Å². The average molecular weight is 396 g/mol. The van der Waals surface area contributed by atoms with Crippen LogP contribution in [0.4, 0.5) is 9.52 Å². The number of hydrogen-bond donors (Lipinski definition) is 1. The minimum absolute atomic E-state index is 0.0444. The Hall–Kier alpha value is -2.64. The lowest BCUT2D eigenvalue weighted by Crippen LogP contribution is -2.40. The molecular formula is C21H21FN4OS. The molecule has 3 heterocycles. The van der Waals surface area contributed by atoms with Gasteiger partial charge in [0.2, 0.25) is 5.91 Å². The normalized spacial score (nSPS) is 17.4. The number of hydrogen-bond acceptors (Lipinski definition) is 5. The van der Waals surface area contributed by atoms with Gasteiger partial charge in [-0.15, -0.1) is 11.3 Å². The number of rotatable bonds is 5. The molecule has 1 saturated heterocycles. The Bertz CT molecular complexity index is 947. The maximum Gasteiger partial charge on any atom is 0.240 e. The van der Waals surface area contributed by atoms with Crippen LogP contribution in [0, 0.1) is 5.82 Å². The molecule has 2 aromatic heterocycles. The number of amides is 1. The number of benzene rings is 1. The zero-order valence-electron chi connectivity index (χ0n) is 15.3. The SMILES string of the molecule is O=C(CN1CCCC(c2cccc(-c3cccc(F)c3)n2)C1)Nc1nccs1. The third kappa shape index (κ3) is 4.61. The van der Waals surface area contributed by atoms with Gasteiger partial charge in [-0.25, -0.2) is 9.37 Å². The van der Waals surface area contributed by atoms with Gasteiger partial charge in [0.15, 0.2) is 5.13 Å². The highest BCUT2D eigenvalue weighted by Gasteiger charge is 2.24. The van der Waals surface area contributed by atoms with Crippen LogP contribution in [0.15, 0.2) is 54.0 Å². The fourth-order valence-corrected chi connectivity index (χ4v) is 4.12. The van der Waals surface area contributed by atoms with Crippen LogP contribution in [0.1, 0.15) is 24.5 Å². The molecule has 0 saturated carbocycles. The van der Waals surface area contributed by atoms with Crippen LogP contribution in [0.3, 0.4) is 0 Å². The Morgan fingerprint density at radius 2 is 2.18 bits per heavy atom. The Morgan fingerprint density at radius 1 is 1.29 bits per heavy atom. The average Bonchev–Trinajstić information content (AvgIpc) is 3.21. The minimum atomic E-state index is -0.264. The lowest BCUT2D eigenvalue weighted by atomic mass is 9.94. The van der Waals surface area contributed by atoms with Crippen molar-refractivity contribution in [1.82, 2.24) is 14.9 Å². The van der Waals surface area contributed by atoms with Gasteiger partial charge in [-0.05, 0) is 43.7 Å². The maximum atomic E-state index is 13.5. The van der Waals surface area contributed by atoms with E-state index in [0.29, 0.717) is 11.7 Å². The number of pyridine rings is 1. The van der Waals surface area contributed by atoms with E-state index in [4.69, 9.17) is 4.98 Å². The van der Waals surface area contributed by atoms with Crippen molar-refractivity contribution in [2.45, 2.75) is 18.8 Å². The van der Waals surface area contributed by atoms with E-state index in [1.165, 1.54) is 23.5 Å². The van der Waals surface area contributed by atoms with Gasteiger partial charge in [-0.1, -0.05) is 18.2 Å². The summed E-state index contributed by atoms with van der Waals surface area (Å²) >= 11 is 1.41. The highest BCUT2D eigenvalue weighted by Crippen LogP contribution is 2.28. The Morgan fingerprint density at radius 3 is 3.00 bits per heavy atom. The molecule has 0 radical (unpaired) electrons. The summed E-state index contributed by atoms with van der Waals surface area (Å²) in [4.78, 5) is 23.3. The van der Waals surface area contributed by atoms with Crippen LogP contribution in [0.5, 0.6) is 0 Å². The molecule has 5 nitrogen and oxygen atoms in total. The molecule has 4 rings (SSSR count).